The predicted molar refractivity (Wildman–Crippen MR) is 113 cm³/mol. The molecule has 142 valence electrons. The average Bonchev–Trinajstić information content (AvgIpc) is 3.21. The molecule has 4 rings (SSSR count). The van der Waals surface area contributed by atoms with Gasteiger partial charge >= 0.3 is 0 Å². The smallest absolute Gasteiger partial charge is 0.124 e. The van der Waals surface area contributed by atoms with Crippen molar-refractivity contribution < 1.29 is 9.47 Å². The van der Waals surface area contributed by atoms with Gasteiger partial charge < -0.3 is 14.8 Å². The van der Waals surface area contributed by atoms with Crippen molar-refractivity contribution in [1.82, 2.24) is 5.32 Å². The van der Waals surface area contributed by atoms with Gasteiger partial charge in [0, 0.05) is 25.3 Å². The molecule has 0 aromatic heterocycles. The molecule has 3 aromatic carbocycles. The summed E-state index contributed by atoms with van der Waals surface area (Å²) in [6, 6.07) is 23.0. The highest BCUT2D eigenvalue weighted by atomic mass is 35.5. The summed E-state index contributed by atoms with van der Waals surface area (Å²) in [5.41, 5.74) is 2.40. The van der Waals surface area contributed by atoms with Crippen molar-refractivity contribution in [2.24, 2.45) is 0 Å². The van der Waals surface area contributed by atoms with Gasteiger partial charge in [0.1, 0.15) is 12.4 Å². The van der Waals surface area contributed by atoms with Crippen molar-refractivity contribution in [3.63, 3.8) is 0 Å². The van der Waals surface area contributed by atoms with E-state index in [9.17, 15) is 0 Å². The fourth-order valence-corrected chi connectivity index (χ4v) is 3.53. The predicted octanol–water partition coefficient (Wildman–Crippen LogP) is 5.11. The Labute approximate surface area is 167 Å². The van der Waals surface area contributed by atoms with Gasteiger partial charge in [-0.3, -0.25) is 0 Å². The largest absolute Gasteiger partial charge is 0.489 e. The van der Waals surface area contributed by atoms with Gasteiger partial charge in [-0.25, -0.2) is 0 Å². The summed E-state index contributed by atoms with van der Waals surface area (Å²) >= 11 is 0. The van der Waals surface area contributed by atoms with E-state index in [0.29, 0.717) is 12.7 Å². The van der Waals surface area contributed by atoms with E-state index in [1.807, 2.05) is 18.2 Å². The minimum absolute atomic E-state index is 0. The van der Waals surface area contributed by atoms with Gasteiger partial charge in [-0.2, -0.15) is 0 Å². The maximum atomic E-state index is 6.18. The van der Waals surface area contributed by atoms with Crippen LogP contribution in [0, 0.1) is 0 Å². The minimum Gasteiger partial charge on any atom is -0.489 e. The molecular formula is C23H26ClNO2. The lowest BCUT2D eigenvalue weighted by atomic mass is 10.0. The molecular weight excluding hydrogens is 358 g/mol. The molecule has 0 saturated carbocycles. The fraction of sp³-hybridized carbons (Fsp3) is 0.304. The Kier molecular flexibility index (Phi) is 7.11. The van der Waals surface area contributed by atoms with Crippen LogP contribution in [0.3, 0.4) is 0 Å². The lowest BCUT2D eigenvalue weighted by Crippen LogP contribution is -2.26. The third kappa shape index (κ3) is 5.01. The number of halogens is 1. The first-order valence-corrected chi connectivity index (χ1v) is 9.40. The zero-order valence-electron chi connectivity index (χ0n) is 15.4. The van der Waals surface area contributed by atoms with Crippen LogP contribution in [-0.4, -0.2) is 19.3 Å². The number of nitrogens with one attached hydrogen (secondary N) is 1. The summed E-state index contributed by atoms with van der Waals surface area (Å²) in [5.74, 6) is 0.951. The highest BCUT2D eigenvalue weighted by Gasteiger charge is 2.15. The van der Waals surface area contributed by atoms with Gasteiger partial charge in [-0.05, 0) is 35.2 Å². The SMILES string of the molecule is Cl.c1ccc(COc2ccc3ccccc3c2CNCC2CCCO2)cc1. The van der Waals surface area contributed by atoms with Gasteiger partial charge in [0.2, 0.25) is 0 Å². The van der Waals surface area contributed by atoms with E-state index < -0.39 is 0 Å². The molecule has 0 spiro atoms. The molecule has 1 unspecified atom stereocenters. The third-order valence-electron chi connectivity index (χ3n) is 4.93. The number of fused-ring (bicyclic) bond motifs is 1. The maximum absolute atomic E-state index is 6.18. The number of rotatable bonds is 7. The van der Waals surface area contributed by atoms with Crippen LogP contribution in [0.25, 0.3) is 10.8 Å². The molecule has 1 heterocycles. The summed E-state index contributed by atoms with van der Waals surface area (Å²) in [6.07, 6.45) is 2.67. The van der Waals surface area contributed by atoms with Crippen LogP contribution < -0.4 is 10.1 Å². The number of hydrogen-bond acceptors (Lipinski definition) is 3. The van der Waals surface area contributed by atoms with Crippen molar-refractivity contribution >= 4 is 23.2 Å². The van der Waals surface area contributed by atoms with E-state index in [-0.39, 0.29) is 12.4 Å². The van der Waals surface area contributed by atoms with E-state index in [4.69, 9.17) is 9.47 Å². The molecule has 0 amide bonds. The molecule has 1 N–H and O–H groups in total. The Morgan fingerprint density at radius 2 is 1.78 bits per heavy atom. The highest BCUT2D eigenvalue weighted by Crippen LogP contribution is 2.29. The Hall–Kier alpha value is -2.07. The minimum atomic E-state index is 0. The van der Waals surface area contributed by atoms with Crippen LogP contribution in [0.2, 0.25) is 0 Å². The zero-order valence-corrected chi connectivity index (χ0v) is 16.2. The van der Waals surface area contributed by atoms with Crippen LogP contribution in [0.15, 0.2) is 66.7 Å². The molecule has 0 aliphatic carbocycles. The average molecular weight is 384 g/mol. The van der Waals surface area contributed by atoms with Crippen LogP contribution in [0.4, 0.5) is 0 Å². The number of hydrogen-bond donors (Lipinski definition) is 1. The Morgan fingerprint density at radius 1 is 0.963 bits per heavy atom. The van der Waals surface area contributed by atoms with Crippen LogP contribution >= 0.6 is 12.4 Å². The zero-order chi connectivity index (χ0) is 17.6. The Morgan fingerprint density at radius 3 is 2.59 bits per heavy atom. The lowest BCUT2D eigenvalue weighted by Gasteiger charge is -2.16. The normalized spacial score (nSPS) is 16.2. The van der Waals surface area contributed by atoms with Gasteiger partial charge in [0.25, 0.3) is 0 Å². The van der Waals surface area contributed by atoms with E-state index in [1.165, 1.54) is 28.3 Å². The molecule has 3 nitrogen and oxygen atoms in total. The molecule has 0 radical (unpaired) electrons. The van der Waals surface area contributed by atoms with Crippen molar-refractivity contribution in [3.8, 4) is 5.75 Å². The molecule has 1 fully saturated rings. The van der Waals surface area contributed by atoms with E-state index >= 15 is 0 Å². The van der Waals surface area contributed by atoms with E-state index in [0.717, 1.165) is 31.9 Å². The fourth-order valence-electron chi connectivity index (χ4n) is 3.53. The molecule has 27 heavy (non-hydrogen) atoms. The second-order valence-corrected chi connectivity index (χ2v) is 6.80. The first kappa shape index (κ1) is 19.7. The first-order chi connectivity index (χ1) is 12.9. The molecule has 1 aliphatic heterocycles. The summed E-state index contributed by atoms with van der Waals surface area (Å²) in [7, 11) is 0. The summed E-state index contributed by atoms with van der Waals surface area (Å²) in [6.45, 7) is 3.15. The maximum Gasteiger partial charge on any atom is 0.124 e. The summed E-state index contributed by atoms with van der Waals surface area (Å²) in [4.78, 5) is 0. The van der Waals surface area contributed by atoms with Crippen molar-refractivity contribution in [3.05, 3.63) is 77.9 Å². The van der Waals surface area contributed by atoms with Crippen molar-refractivity contribution in [2.75, 3.05) is 13.2 Å². The van der Waals surface area contributed by atoms with Crippen LogP contribution in [0.1, 0.15) is 24.0 Å². The van der Waals surface area contributed by atoms with Gasteiger partial charge in [-0.15, -0.1) is 12.4 Å². The molecule has 3 aromatic rings. The second kappa shape index (κ2) is 9.75. The number of ether oxygens (including phenoxy) is 2. The van der Waals surface area contributed by atoms with Crippen molar-refractivity contribution in [1.29, 1.82) is 0 Å². The monoisotopic (exact) mass is 383 g/mol. The molecule has 1 atom stereocenters. The van der Waals surface area contributed by atoms with E-state index in [2.05, 4.69) is 53.8 Å². The standard InChI is InChI=1S/C23H25NO2.ClH/c1-2-7-18(8-3-1)17-26-23-13-12-19-9-4-5-11-21(19)22(23)16-24-15-20-10-6-14-25-20;/h1-5,7-9,11-13,20,24H,6,10,14-17H2;1H. The topological polar surface area (TPSA) is 30.5 Å². The van der Waals surface area contributed by atoms with Gasteiger partial charge in [0.05, 0.1) is 6.10 Å². The van der Waals surface area contributed by atoms with Crippen LogP contribution in [-0.2, 0) is 17.9 Å². The highest BCUT2D eigenvalue weighted by molar-refractivity contribution is 5.87. The molecule has 4 heteroatoms. The first-order valence-electron chi connectivity index (χ1n) is 9.40. The van der Waals surface area contributed by atoms with Crippen LogP contribution in [0.5, 0.6) is 5.75 Å². The third-order valence-corrected chi connectivity index (χ3v) is 4.93. The Balaban J connectivity index is 0.00000210. The Bertz CT molecular complexity index is 847. The second-order valence-electron chi connectivity index (χ2n) is 6.80. The van der Waals surface area contributed by atoms with Gasteiger partial charge in [0.15, 0.2) is 0 Å². The molecule has 1 aliphatic rings. The van der Waals surface area contributed by atoms with Crippen molar-refractivity contribution in [2.45, 2.75) is 32.1 Å². The number of benzene rings is 3. The lowest BCUT2D eigenvalue weighted by molar-refractivity contribution is 0.110. The van der Waals surface area contributed by atoms with Gasteiger partial charge in [-0.1, -0.05) is 60.7 Å². The van der Waals surface area contributed by atoms with E-state index in [1.54, 1.807) is 0 Å². The molecule has 0 bridgehead atoms. The summed E-state index contributed by atoms with van der Waals surface area (Å²) < 4.78 is 11.9. The molecule has 1 saturated heterocycles. The summed E-state index contributed by atoms with van der Waals surface area (Å²) in [5, 5.41) is 6.06. The quantitative estimate of drug-likeness (QED) is 0.615.